The molecule has 0 aliphatic rings. The lowest BCUT2D eigenvalue weighted by Crippen LogP contribution is -1.87. The zero-order chi connectivity index (χ0) is 10.7. The average Bonchev–Trinajstić information content (AvgIpc) is 2.07. The van der Waals surface area contributed by atoms with Crippen molar-refractivity contribution in [2.75, 3.05) is 0 Å². The Balaban J connectivity index is 3.33. The molecule has 0 radical (unpaired) electrons. The van der Waals surface area contributed by atoms with Gasteiger partial charge in [0.15, 0.2) is 5.75 Å². The van der Waals surface area contributed by atoms with Crippen LogP contribution in [-0.4, -0.2) is 18.4 Å². The first-order chi connectivity index (χ1) is 6.50. The predicted molar refractivity (Wildman–Crippen MR) is 45.8 cm³/mol. The van der Waals surface area contributed by atoms with Crippen molar-refractivity contribution in [3.8, 4) is 5.75 Å². The molecular weight excluding hydrogens is 212 g/mol. The van der Waals surface area contributed by atoms with Gasteiger partial charge in [-0.1, -0.05) is 0 Å². The minimum atomic E-state index is -2.67. The van der Waals surface area contributed by atoms with Crippen LogP contribution < -0.4 is 0 Å². The van der Waals surface area contributed by atoms with Crippen LogP contribution >= 0.6 is 0 Å². The lowest BCUT2D eigenvalue weighted by atomic mass is 10.2. The van der Waals surface area contributed by atoms with Crippen LogP contribution in [0.15, 0.2) is 22.6 Å². The first kappa shape index (κ1) is 10.1. The second-order valence-corrected chi connectivity index (χ2v) is 2.86. The highest BCUT2D eigenvalue weighted by atomic mass is 32.2. The summed E-state index contributed by atoms with van der Waals surface area (Å²) in [5, 5.41) is 19.3. The molecule has 0 aliphatic carbocycles. The Bertz CT molecular complexity index is 499. The highest BCUT2D eigenvalue weighted by Gasteiger charge is 2.13. The molecule has 0 saturated heterocycles. The molecular formula is C6H4N2O5S. The number of nitrogens with zero attached hydrogens (tertiary/aromatic N) is 2. The number of hydrogen-bond donors (Lipinski definition) is 1. The van der Waals surface area contributed by atoms with E-state index in [0.717, 1.165) is 18.2 Å². The molecule has 0 amide bonds. The van der Waals surface area contributed by atoms with Crippen LogP contribution in [0.3, 0.4) is 0 Å². The summed E-state index contributed by atoms with van der Waals surface area (Å²) in [4.78, 5) is 9.48. The van der Waals surface area contributed by atoms with Crippen molar-refractivity contribution in [3.63, 3.8) is 0 Å². The number of nitro groups is 1. The average molecular weight is 216 g/mol. The molecule has 0 bridgehead atoms. The van der Waals surface area contributed by atoms with E-state index >= 15 is 0 Å². The molecule has 1 aromatic carbocycles. The zero-order valence-corrected chi connectivity index (χ0v) is 7.43. The fourth-order valence-electron chi connectivity index (χ4n) is 0.801. The van der Waals surface area contributed by atoms with E-state index in [0.29, 0.717) is 0 Å². The van der Waals surface area contributed by atoms with Gasteiger partial charge in [0.2, 0.25) is 0 Å². The van der Waals surface area contributed by atoms with E-state index in [-0.39, 0.29) is 5.69 Å². The van der Waals surface area contributed by atoms with Gasteiger partial charge in [-0.15, -0.1) is 4.36 Å². The van der Waals surface area contributed by atoms with E-state index in [2.05, 4.69) is 4.36 Å². The van der Waals surface area contributed by atoms with Crippen LogP contribution in [0.4, 0.5) is 11.4 Å². The fraction of sp³-hybridized carbons (Fsp3) is 0. The monoisotopic (exact) mass is 216 g/mol. The molecule has 0 heterocycles. The van der Waals surface area contributed by atoms with Crippen LogP contribution in [0.2, 0.25) is 0 Å². The number of aromatic hydroxyl groups is 1. The summed E-state index contributed by atoms with van der Waals surface area (Å²) >= 11 is 0. The molecule has 1 rings (SSSR count). The maximum Gasteiger partial charge on any atom is 0.316 e. The third kappa shape index (κ3) is 2.26. The smallest absolute Gasteiger partial charge is 0.316 e. The first-order valence-electron chi connectivity index (χ1n) is 3.29. The Morgan fingerprint density at radius 2 is 2.07 bits per heavy atom. The van der Waals surface area contributed by atoms with E-state index in [9.17, 15) is 18.5 Å². The second kappa shape index (κ2) is 3.83. The van der Waals surface area contributed by atoms with Crippen LogP contribution in [0, 0.1) is 10.1 Å². The Labute approximate surface area is 79.5 Å². The fourth-order valence-corrected chi connectivity index (χ4v) is 1.09. The minimum absolute atomic E-state index is 0.108. The highest BCUT2D eigenvalue weighted by Crippen LogP contribution is 2.29. The van der Waals surface area contributed by atoms with Gasteiger partial charge in [0, 0.05) is 6.07 Å². The second-order valence-electron chi connectivity index (χ2n) is 2.24. The topological polar surface area (TPSA) is 110 Å². The van der Waals surface area contributed by atoms with Crippen molar-refractivity contribution in [1.82, 2.24) is 0 Å². The van der Waals surface area contributed by atoms with Crippen molar-refractivity contribution in [3.05, 3.63) is 28.3 Å². The number of rotatable bonds is 2. The minimum Gasteiger partial charge on any atom is -0.502 e. The molecule has 14 heavy (non-hydrogen) atoms. The molecule has 8 heteroatoms. The van der Waals surface area contributed by atoms with Crippen LogP contribution in [0.5, 0.6) is 5.75 Å². The van der Waals surface area contributed by atoms with E-state index in [4.69, 9.17) is 5.11 Å². The van der Waals surface area contributed by atoms with Crippen LogP contribution in [0.1, 0.15) is 0 Å². The Kier molecular flexibility index (Phi) is 2.77. The maximum atomic E-state index is 10.3. The van der Waals surface area contributed by atoms with Crippen molar-refractivity contribution >= 4 is 21.9 Å². The Morgan fingerprint density at radius 1 is 1.43 bits per heavy atom. The molecule has 7 nitrogen and oxygen atoms in total. The van der Waals surface area contributed by atoms with E-state index in [1.54, 1.807) is 0 Å². The Morgan fingerprint density at radius 3 is 2.57 bits per heavy atom. The zero-order valence-electron chi connectivity index (χ0n) is 6.61. The lowest BCUT2D eigenvalue weighted by Gasteiger charge is -1.95. The van der Waals surface area contributed by atoms with Gasteiger partial charge >= 0.3 is 16.2 Å². The quantitative estimate of drug-likeness (QED) is 0.585. The summed E-state index contributed by atoms with van der Waals surface area (Å²) < 4.78 is 23.3. The molecule has 0 aliphatic heterocycles. The predicted octanol–water partition coefficient (Wildman–Crippen LogP) is 0.995. The SMILES string of the molecule is O=[N+]([O-])c1cc(N=S(=O)=O)ccc1O. The number of phenols is 1. The van der Waals surface area contributed by atoms with E-state index in [1.165, 1.54) is 0 Å². The van der Waals surface area contributed by atoms with Gasteiger partial charge in [0.25, 0.3) is 0 Å². The highest BCUT2D eigenvalue weighted by molar-refractivity contribution is 7.61. The van der Waals surface area contributed by atoms with Crippen LogP contribution in [0.25, 0.3) is 0 Å². The third-order valence-corrected chi connectivity index (χ3v) is 1.70. The summed E-state index contributed by atoms with van der Waals surface area (Å²) in [7, 11) is -2.67. The van der Waals surface area contributed by atoms with Gasteiger partial charge in [0.1, 0.15) is 0 Å². The Hall–Kier alpha value is -1.96. The van der Waals surface area contributed by atoms with Gasteiger partial charge in [-0.05, 0) is 12.1 Å². The summed E-state index contributed by atoms with van der Waals surface area (Å²) in [6, 6.07) is 3.02. The van der Waals surface area contributed by atoms with Crippen molar-refractivity contribution < 1.29 is 18.4 Å². The molecule has 1 N–H and O–H groups in total. The molecule has 0 aromatic heterocycles. The summed E-state index contributed by atoms with van der Waals surface area (Å²) in [5.41, 5.74) is -0.695. The largest absolute Gasteiger partial charge is 0.502 e. The maximum absolute atomic E-state index is 10.3. The van der Waals surface area contributed by atoms with Crippen molar-refractivity contribution in [2.45, 2.75) is 0 Å². The number of hydrogen-bond acceptors (Lipinski definition) is 6. The summed E-state index contributed by atoms with van der Waals surface area (Å²) in [6.45, 7) is 0. The normalized spacial score (nSPS) is 9.43. The molecule has 0 atom stereocenters. The number of nitro benzene ring substituents is 1. The van der Waals surface area contributed by atoms with Crippen LogP contribution in [-0.2, 0) is 10.5 Å². The molecule has 0 saturated carbocycles. The van der Waals surface area contributed by atoms with Gasteiger partial charge in [-0.25, -0.2) is 0 Å². The lowest BCUT2D eigenvalue weighted by molar-refractivity contribution is -0.385. The first-order valence-corrected chi connectivity index (χ1v) is 4.32. The number of phenolic OH excluding ortho intramolecular Hbond substituents is 1. The summed E-state index contributed by atoms with van der Waals surface area (Å²) in [6.07, 6.45) is 0. The number of benzene rings is 1. The van der Waals surface area contributed by atoms with E-state index < -0.39 is 26.9 Å². The van der Waals surface area contributed by atoms with Gasteiger partial charge < -0.3 is 5.11 Å². The van der Waals surface area contributed by atoms with Gasteiger partial charge in [0.05, 0.1) is 10.6 Å². The molecule has 74 valence electrons. The third-order valence-electron chi connectivity index (χ3n) is 1.34. The molecule has 0 unspecified atom stereocenters. The van der Waals surface area contributed by atoms with E-state index in [1.807, 2.05) is 0 Å². The van der Waals surface area contributed by atoms with Gasteiger partial charge in [-0.3, -0.25) is 10.1 Å². The standard InChI is InChI=1S/C6H4N2O5S/c9-6-2-1-4(7-14(12)13)3-5(6)8(10)11/h1-3,9H. The summed E-state index contributed by atoms with van der Waals surface area (Å²) in [5.74, 6) is -0.536. The van der Waals surface area contributed by atoms with Gasteiger partial charge in [-0.2, -0.15) is 8.42 Å². The molecule has 0 spiro atoms. The van der Waals surface area contributed by atoms with Crippen molar-refractivity contribution in [2.24, 2.45) is 4.36 Å². The molecule has 0 fully saturated rings. The molecule has 1 aromatic rings. The van der Waals surface area contributed by atoms with Crippen molar-refractivity contribution in [1.29, 1.82) is 0 Å².